The van der Waals surface area contributed by atoms with Crippen molar-refractivity contribution in [2.75, 3.05) is 0 Å². The molecule has 2 atom stereocenters. The highest BCUT2D eigenvalue weighted by Crippen LogP contribution is 2.29. The highest BCUT2D eigenvalue weighted by atomic mass is 32.2. The SMILES string of the molecule is CCC[C@@H](O)[C@H](CCC)Sc1ccccc1. The number of hydrogen-bond acceptors (Lipinski definition) is 2. The number of rotatable bonds is 7. The maximum atomic E-state index is 10.1. The molecule has 0 amide bonds. The van der Waals surface area contributed by atoms with E-state index in [9.17, 15) is 5.11 Å². The molecule has 0 unspecified atom stereocenters. The summed E-state index contributed by atoms with van der Waals surface area (Å²) in [7, 11) is 0. The maximum Gasteiger partial charge on any atom is 0.0662 e. The van der Waals surface area contributed by atoms with Gasteiger partial charge in [-0.3, -0.25) is 0 Å². The van der Waals surface area contributed by atoms with Crippen molar-refractivity contribution in [3.05, 3.63) is 30.3 Å². The van der Waals surface area contributed by atoms with Gasteiger partial charge in [0.05, 0.1) is 6.10 Å². The molecule has 0 heterocycles. The molecule has 16 heavy (non-hydrogen) atoms. The first-order chi connectivity index (χ1) is 7.77. The Morgan fingerprint density at radius 3 is 2.25 bits per heavy atom. The van der Waals surface area contributed by atoms with Gasteiger partial charge in [-0.05, 0) is 25.0 Å². The number of thioether (sulfide) groups is 1. The smallest absolute Gasteiger partial charge is 0.0662 e. The molecule has 90 valence electrons. The monoisotopic (exact) mass is 238 g/mol. The summed E-state index contributed by atoms with van der Waals surface area (Å²) >= 11 is 1.81. The lowest BCUT2D eigenvalue weighted by Crippen LogP contribution is -2.22. The van der Waals surface area contributed by atoms with Crippen LogP contribution in [0.4, 0.5) is 0 Å². The number of benzene rings is 1. The minimum Gasteiger partial charge on any atom is -0.392 e. The number of aliphatic hydroxyl groups is 1. The third-order valence-corrected chi connectivity index (χ3v) is 4.01. The van der Waals surface area contributed by atoms with Gasteiger partial charge < -0.3 is 5.11 Å². The first kappa shape index (κ1) is 13.6. The highest BCUT2D eigenvalue weighted by Gasteiger charge is 2.18. The van der Waals surface area contributed by atoms with Gasteiger partial charge in [0.1, 0.15) is 0 Å². The van der Waals surface area contributed by atoms with E-state index in [1.807, 2.05) is 17.8 Å². The van der Waals surface area contributed by atoms with E-state index >= 15 is 0 Å². The molecule has 0 bridgehead atoms. The van der Waals surface area contributed by atoms with Crippen LogP contribution in [-0.4, -0.2) is 16.5 Å². The summed E-state index contributed by atoms with van der Waals surface area (Å²) in [4.78, 5) is 1.26. The molecule has 2 heteroatoms. The second-order valence-electron chi connectivity index (χ2n) is 4.11. The van der Waals surface area contributed by atoms with Gasteiger partial charge in [0, 0.05) is 10.1 Å². The fourth-order valence-electron chi connectivity index (χ4n) is 1.77. The summed E-state index contributed by atoms with van der Waals surface area (Å²) < 4.78 is 0. The van der Waals surface area contributed by atoms with Crippen molar-refractivity contribution in [3.8, 4) is 0 Å². The average Bonchev–Trinajstić information content (AvgIpc) is 2.30. The van der Waals surface area contributed by atoms with Gasteiger partial charge in [0.15, 0.2) is 0 Å². The van der Waals surface area contributed by atoms with Crippen LogP contribution in [-0.2, 0) is 0 Å². The zero-order chi connectivity index (χ0) is 11.8. The normalized spacial score (nSPS) is 14.7. The van der Waals surface area contributed by atoms with Crippen molar-refractivity contribution >= 4 is 11.8 Å². The van der Waals surface area contributed by atoms with Crippen LogP contribution in [0, 0.1) is 0 Å². The summed E-state index contributed by atoms with van der Waals surface area (Å²) in [5.41, 5.74) is 0. The molecule has 0 saturated carbocycles. The zero-order valence-corrected chi connectivity index (χ0v) is 11.0. The topological polar surface area (TPSA) is 20.2 Å². The Hall–Kier alpha value is -0.470. The second-order valence-corrected chi connectivity index (χ2v) is 5.43. The first-order valence-electron chi connectivity index (χ1n) is 6.17. The molecule has 0 aliphatic heterocycles. The van der Waals surface area contributed by atoms with E-state index in [1.54, 1.807) is 0 Å². The van der Waals surface area contributed by atoms with Gasteiger partial charge >= 0.3 is 0 Å². The van der Waals surface area contributed by atoms with Crippen molar-refractivity contribution in [2.45, 2.75) is 55.8 Å². The molecule has 1 N–H and O–H groups in total. The standard InChI is InChI=1S/C14H22OS/c1-3-8-13(15)14(9-4-2)16-12-10-6-5-7-11-12/h5-7,10-11,13-15H,3-4,8-9H2,1-2H3/t13-,14+/m1/s1. The largest absolute Gasteiger partial charge is 0.392 e. The van der Waals surface area contributed by atoms with Crippen LogP contribution < -0.4 is 0 Å². The Labute approximate surface area is 103 Å². The summed E-state index contributed by atoms with van der Waals surface area (Å²) in [6.45, 7) is 4.30. The highest BCUT2D eigenvalue weighted by molar-refractivity contribution is 8.00. The molecule has 1 aromatic rings. The Balaban J connectivity index is 2.57. The average molecular weight is 238 g/mol. The summed E-state index contributed by atoms with van der Waals surface area (Å²) in [6.07, 6.45) is 4.00. The predicted octanol–water partition coefficient (Wildman–Crippen LogP) is 4.11. The Morgan fingerprint density at radius 2 is 1.69 bits per heavy atom. The zero-order valence-electron chi connectivity index (χ0n) is 10.2. The second kappa shape index (κ2) is 7.75. The Bertz CT molecular complexity index is 273. The minimum absolute atomic E-state index is 0.171. The van der Waals surface area contributed by atoms with Gasteiger partial charge in [0.2, 0.25) is 0 Å². The van der Waals surface area contributed by atoms with Crippen molar-refractivity contribution in [3.63, 3.8) is 0 Å². The predicted molar refractivity (Wildman–Crippen MR) is 71.9 cm³/mol. The quantitative estimate of drug-likeness (QED) is 0.721. The lowest BCUT2D eigenvalue weighted by Gasteiger charge is -2.21. The summed E-state index contributed by atoms with van der Waals surface area (Å²) in [5.74, 6) is 0. The minimum atomic E-state index is -0.171. The van der Waals surface area contributed by atoms with Crippen molar-refractivity contribution < 1.29 is 5.11 Å². The molecular formula is C14H22OS. The third-order valence-electron chi connectivity index (χ3n) is 2.62. The molecule has 0 saturated heterocycles. The van der Waals surface area contributed by atoms with E-state index in [0.29, 0.717) is 5.25 Å². The molecule has 1 aromatic carbocycles. The number of hydrogen-bond donors (Lipinski definition) is 1. The molecule has 0 aliphatic carbocycles. The maximum absolute atomic E-state index is 10.1. The van der Waals surface area contributed by atoms with Crippen molar-refractivity contribution in [1.29, 1.82) is 0 Å². The van der Waals surface area contributed by atoms with E-state index in [0.717, 1.165) is 25.7 Å². The van der Waals surface area contributed by atoms with E-state index in [4.69, 9.17) is 0 Å². The third kappa shape index (κ3) is 4.58. The summed E-state index contributed by atoms with van der Waals surface area (Å²) in [5, 5.41) is 10.4. The van der Waals surface area contributed by atoms with Crippen LogP contribution in [0.25, 0.3) is 0 Å². The van der Waals surface area contributed by atoms with E-state index < -0.39 is 0 Å². The first-order valence-corrected chi connectivity index (χ1v) is 7.05. The lowest BCUT2D eigenvalue weighted by molar-refractivity contribution is 0.157. The molecule has 0 radical (unpaired) electrons. The van der Waals surface area contributed by atoms with Crippen molar-refractivity contribution in [1.82, 2.24) is 0 Å². The molecule has 0 fully saturated rings. The van der Waals surface area contributed by atoms with Gasteiger partial charge in [0.25, 0.3) is 0 Å². The van der Waals surface area contributed by atoms with Gasteiger partial charge in [-0.2, -0.15) is 0 Å². The van der Waals surface area contributed by atoms with Crippen LogP contribution in [0.5, 0.6) is 0 Å². The molecule has 0 aliphatic rings. The molecule has 1 nitrogen and oxygen atoms in total. The molecule has 0 aromatic heterocycles. The van der Waals surface area contributed by atoms with E-state index in [-0.39, 0.29) is 6.10 Å². The number of aliphatic hydroxyl groups excluding tert-OH is 1. The van der Waals surface area contributed by atoms with Gasteiger partial charge in [-0.25, -0.2) is 0 Å². The van der Waals surface area contributed by atoms with E-state index in [1.165, 1.54) is 4.90 Å². The summed E-state index contributed by atoms with van der Waals surface area (Å²) in [6, 6.07) is 10.4. The molecular weight excluding hydrogens is 216 g/mol. The van der Waals surface area contributed by atoms with Crippen LogP contribution in [0.3, 0.4) is 0 Å². The van der Waals surface area contributed by atoms with Crippen molar-refractivity contribution in [2.24, 2.45) is 0 Å². The van der Waals surface area contributed by atoms with E-state index in [2.05, 4.69) is 38.1 Å². The Morgan fingerprint density at radius 1 is 1.06 bits per heavy atom. The molecule has 0 spiro atoms. The fourth-order valence-corrected chi connectivity index (χ4v) is 3.08. The van der Waals surface area contributed by atoms with Crippen LogP contribution in [0.1, 0.15) is 39.5 Å². The fraction of sp³-hybridized carbons (Fsp3) is 0.571. The van der Waals surface area contributed by atoms with Gasteiger partial charge in [-0.15, -0.1) is 11.8 Å². The molecule has 1 rings (SSSR count). The Kier molecular flexibility index (Phi) is 6.58. The van der Waals surface area contributed by atoms with Crippen LogP contribution >= 0.6 is 11.8 Å². The van der Waals surface area contributed by atoms with Crippen LogP contribution in [0.15, 0.2) is 35.2 Å². The van der Waals surface area contributed by atoms with Crippen LogP contribution in [0.2, 0.25) is 0 Å². The van der Waals surface area contributed by atoms with Gasteiger partial charge in [-0.1, -0.05) is 44.9 Å². The lowest BCUT2D eigenvalue weighted by atomic mass is 10.1.